The van der Waals surface area contributed by atoms with Gasteiger partial charge in [-0.1, -0.05) is 6.07 Å². The van der Waals surface area contributed by atoms with E-state index < -0.39 is 17.8 Å². The molecule has 0 unspecified atom stereocenters. The molecule has 2 aliphatic rings. The molecule has 1 aromatic heterocycles. The summed E-state index contributed by atoms with van der Waals surface area (Å²) in [5, 5.41) is 0.802. The standard InChI is InChI=1S/C23H20F3N3O3/c1-11-20-16(9-31-11)15-7-12(3-6-17(15)28-21(20)27)22(30)29(2)18-10-32-19-8-13(23(24,25)26)4-5-14(18)19/h3-8,11,18H,9-10H2,1-2H3,(H2,27,28)/t11-,18+/m1/s1. The Hall–Kier alpha value is -3.33. The van der Waals surface area contributed by atoms with Crippen LogP contribution in [0.25, 0.3) is 10.9 Å². The molecule has 2 atom stereocenters. The average Bonchev–Trinajstić information content (AvgIpc) is 3.35. The van der Waals surface area contributed by atoms with Gasteiger partial charge in [-0.3, -0.25) is 4.79 Å². The zero-order chi connectivity index (χ0) is 22.8. The Kier molecular flexibility index (Phi) is 4.56. The lowest BCUT2D eigenvalue weighted by Crippen LogP contribution is -2.32. The maximum atomic E-state index is 13.3. The van der Waals surface area contributed by atoms with Gasteiger partial charge in [0.1, 0.15) is 18.2 Å². The number of carbonyl (C=O) groups is 1. The van der Waals surface area contributed by atoms with Crippen molar-refractivity contribution in [3.8, 4) is 5.75 Å². The SMILES string of the molecule is C[C@H]1OCc2c1c(N)nc1ccc(C(=O)N(C)[C@H]3COc4cc(C(F)(F)F)ccc43)cc21. The number of pyridine rings is 1. The Morgan fingerprint density at radius 1 is 1.22 bits per heavy atom. The van der Waals surface area contributed by atoms with Gasteiger partial charge in [0.2, 0.25) is 0 Å². The highest BCUT2D eigenvalue weighted by molar-refractivity contribution is 5.99. The van der Waals surface area contributed by atoms with E-state index in [2.05, 4.69) is 4.98 Å². The molecule has 1 amide bonds. The van der Waals surface area contributed by atoms with Crippen molar-refractivity contribution in [1.29, 1.82) is 0 Å². The van der Waals surface area contributed by atoms with Crippen LogP contribution in [0.5, 0.6) is 5.75 Å². The van der Waals surface area contributed by atoms with Gasteiger partial charge in [0, 0.05) is 29.1 Å². The number of carbonyl (C=O) groups excluding carboxylic acids is 1. The molecule has 0 fully saturated rings. The Morgan fingerprint density at radius 2 is 2.00 bits per heavy atom. The summed E-state index contributed by atoms with van der Waals surface area (Å²) in [5.41, 5.74) is 8.73. The van der Waals surface area contributed by atoms with Crippen LogP contribution < -0.4 is 10.5 Å². The maximum Gasteiger partial charge on any atom is 0.416 e. The number of benzene rings is 2. The second kappa shape index (κ2) is 7.09. The van der Waals surface area contributed by atoms with E-state index in [1.165, 1.54) is 11.0 Å². The third kappa shape index (κ3) is 3.15. The lowest BCUT2D eigenvalue weighted by Gasteiger charge is -2.24. The topological polar surface area (TPSA) is 77.7 Å². The molecule has 0 saturated carbocycles. The molecule has 166 valence electrons. The van der Waals surface area contributed by atoms with Gasteiger partial charge in [0.25, 0.3) is 5.91 Å². The molecule has 3 heterocycles. The van der Waals surface area contributed by atoms with Crippen LogP contribution in [0.1, 0.15) is 51.7 Å². The van der Waals surface area contributed by atoms with Gasteiger partial charge in [-0.05, 0) is 42.8 Å². The summed E-state index contributed by atoms with van der Waals surface area (Å²) >= 11 is 0. The Morgan fingerprint density at radius 3 is 2.75 bits per heavy atom. The fourth-order valence-corrected chi connectivity index (χ4v) is 4.43. The quantitative estimate of drug-likeness (QED) is 0.625. The second-order valence-corrected chi connectivity index (χ2v) is 8.07. The van der Waals surface area contributed by atoms with E-state index in [-0.39, 0.29) is 24.4 Å². The number of anilines is 1. The Balaban J connectivity index is 1.47. The largest absolute Gasteiger partial charge is 0.491 e. The first-order valence-corrected chi connectivity index (χ1v) is 10.1. The maximum absolute atomic E-state index is 13.3. The molecule has 5 rings (SSSR count). The number of nitrogen functional groups attached to an aromatic ring is 1. The van der Waals surface area contributed by atoms with Gasteiger partial charge >= 0.3 is 6.18 Å². The minimum Gasteiger partial charge on any atom is -0.491 e. The first-order valence-electron chi connectivity index (χ1n) is 10.1. The predicted molar refractivity (Wildman–Crippen MR) is 111 cm³/mol. The number of hydrogen-bond donors (Lipinski definition) is 1. The molecule has 0 saturated heterocycles. The molecule has 0 aliphatic carbocycles. The van der Waals surface area contributed by atoms with Crippen LogP contribution in [0.15, 0.2) is 36.4 Å². The predicted octanol–water partition coefficient (Wildman–Crippen LogP) is 4.63. The van der Waals surface area contributed by atoms with Crippen LogP contribution in [-0.4, -0.2) is 29.4 Å². The highest BCUT2D eigenvalue weighted by atomic mass is 19.4. The Labute approximate surface area is 181 Å². The molecule has 0 radical (unpaired) electrons. The van der Waals surface area contributed by atoms with Crippen molar-refractivity contribution in [2.24, 2.45) is 0 Å². The molecule has 2 aliphatic heterocycles. The molecule has 9 heteroatoms. The summed E-state index contributed by atoms with van der Waals surface area (Å²) in [6, 6.07) is 8.05. The van der Waals surface area contributed by atoms with Crippen molar-refractivity contribution in [3.63, 3.8) is 0 Å². The van der Waals surface area contributed by atoms with Crippen molar-refractivity contribution in [3.05, 3.63) is 64.2 Å². The lowest BCUT2D eigenvalue weighted by molar-refractivity contribution is -0.137. The van der Waals surface area contributed by atoms with Gasteiger partial charge in [-0.2, -0.15) is 13.2 Å². The highest BCUT2D eigenvalue weighted by Gasteiger charge is 2.36. The summed E-state index contributed by atoms with van der Waals surface area (Å²) in [4.78, 5) is 19.2. The minimum absolute atomic E-state index is 0.0886. The van der Waals surface area contributed by atoms with E-state index >= 15 is 0 Å². The van der Waals surface area contributed by atoms with Crippen LogP contribution >= 0.6 is 0 Å². The summed E-state index contributed by atoms with van der Waals surface area (Å²) in [6.07, 6.45) is -4.62. The van der Waals surface area contributed by atoms with Gasteiger partial charge in [-0.15, -0.1) is 0 Å². The number of fused-ring (bicyclic) bond motifs is 4. The summed E-state index contributed by atoms with van der Waals surface area (Å²) < 4.78 is 50.2. The molecule has 32 heavy (non-hydrogen) atoms. The molecule has 2 N–H and O–H groups in total. The molecule has 0 spiro atoms. The van der Waals surface area contributed by atoms with Crippen molar-refractivity contribution in [2.45, 2.75) is 31.9 Å². The molecule has 2 aromatic carbocycles. The summed E-state index contributed by atoms with van der Waals surface area (Å²) in [5.74, 6) is 0.295. The van der Waals surface area contributed by atoms with Crippen LogP contribution in [-0.2, 0) is 17.5 Å². The highest BCUT2D eigenvalue weighted by Crippen LogP contribution is 2.41. The van der Waals surface area contributed by atoms with Crippen LogP contribution in [0.3, 0.4) is 0 Å². The normalized spacial score (nSPS) is 19.5. The first-order chi connectivity index (χ1) is 15.1. The van der Waals surface area contributed by atoms with Crippen molar-refractivity contribution in [2.75, 3.05) is 19.4 Å². The van der Waals surface area contributed by atoms with E-state index in [1.54, 1.807) is 25.2 Å². The van der Waals surface area contributed by atoms with E-state index in [0.717, 1.165) is 28.6 Å². The van der Waals surface area contributed by atoms with Crippen molar-refractivity contribution >= 4 is 22.6 Å². The number of ether oxygens (including phenoxy) is 2. The van der Waals surface area contributed by atoms with Gasteiger partial charge in [0.15, 0.2) is 0 Å². The third-order valence-electron chi connectivity index (χ3n) is 6.18. The number of aromatic nitrogens is 1. The van der Waals surface area contributed by atoms with E-state index in [1.807, 2.05) is 6.92 Å². The van der Waals surface area contributed by atoms with Crippen molar-refractivity contribution in [1.82, 2.24) is 9.88 Å². The van der Waals surface area contributed by atoms with E-state index in [0.29, 0.717) is 29.1 Å². The van der Waals surface area contributed by atoms with Crippen molar-refractivity contribution < 1.29 is 27.4 Å². The van der Waals surface area contributed by atoms with E-state index in [9.17, 15) is 18.0 Å². The number of halogens is 3. The zero-order valence-corrected chi connectivity index (χ0v) is 17.4. The van der Waals surface area contributed by atoms with Gasteiger partial charge < -0.3 is 20.1 Å². The number of rotatable bonds is 2. The smallest absolute Gasteiger partial charge is 0.416 e. The molecule has 3 aromatic rings. The zero-order valence-electron chi connectivity index (χ0n) is 17.4. The van der Waals surface area contributed by atoms with Crippen LogP contribution in [0, 0.1) is 0 Å². The monoisotopic (exact) mass is 443 g/mol. The number of amides is 1. The summed E-state index contributed by atoms with van der Waals surface area (Å²) in [6.45, 7) is 2.38. The molecular formula is C23H20F3N3O3. The lowest BCUT2D eigenvalue weighted by atomic mass is 9.99. The first kappa shape index (κ1) is 20.6. The fraction of sp³-hybridized carbons (Fsp3) is 0.304. The Bertz CT molecular complexity index is 1260. The van der Waals surface area contributed by atoms with Gasteiger partial charge in [-0.25, -0.2) is 4.98 Å². The second-order valence-electron chi connectivity index (χ2n) is 8.07. The number of likely N-dealkylation sites (N-methyl/N-ethyl adjacent to an activating group) is 1. The number of hydrogen-bond acceptors (Lipinski definition) is 5. The average molecular weight is 443 g/mol. The van der Waals surface area contributed by atoms with E-state index in [4.69, 9.17) is 15.2 Å². The van der Waals surface area contributed by atoms with Crippen LogP contribution in [0.4, 0.5) is 19.0 Å². The minimum atomic E-state index is -4.46. The van der Waals surface area contributed by atoms with Crippen LogP contribution in [0.2, 0.25) is 0 Å². The summed E-state index contributed by atoms with van der Waals surface area (Å²) in [7, 11) is 1.62. The van der Waals surface area contributed by atoms with Gasteiger partial charge in [0.05, 0.1) is 29.8 Å². The molecule has 6 nitrogen and oxygen atoms in total. The fourth-order valence-electron chi connectivity index (χ4n) is 4.43. The molecular weight excluding hydrogens is 423 g/mol. The number of nitrogens with zero attached hydrogens (tertiary/aromatic N) is 2. The number of alkyl halides is 3. The third-order valence-corrected chi connectivity index (χ3v) is 6.18. The molecule has 0 bridgehead atoms. The number of nitrogens with two attached hydrogens (primary N) is 1.